The summed E-state index contributed by atoms with van der Waals surface area (Å²) in [5.74, 6) is -0.732. The summed E-state index contributed by atoms with van der Waals surface area (Å²) in [5.41, 5.74) is 2.08. The molecule has 1 aromatic heterocycles. The smallest absolute Gasteiger partial charge is 0.303 e. The van der Waals surface area contributed by atoms with Gasteiger partial charge >= 0.3 is 5.97 Å². The topological polar surface area (TPSA) is 55.1 Å². The van der Waals surface area contributed by atoms with Gasteiger partial charge in [-0.15, -0.1) is 0 Å². The molecule has 0 aromatic carbocycles. The summed E-state index contributed by atoms with van der Waals surface area (Å²) in [6.07, 6.45) is 1.78. The average molecular weight is 275 g/mol. The lowest BCUT2D eigenvalue weighted by molar-refractivity contribution is -0.137. The molecule has 5 heteroatoms. The fourth-order valence-electron chi connectivity index (χ4n) is 1.43. The second kappa shape index (κ2) is 5.30. The minimum atomic E-state index is -0.732. The molecule has 0 atom stereocenters. The van der Waals surface area contributed by atoms with Crippen LogP contribution in [0.25, 0.3) is 0 Å². The second-order valence-corrected chi connectivity index (χ2v) is 4.35. The molecule has 0 saturated heterocycles. The number of aliphatic carboxylic acids is 1. The fourth-order valence-corrected chi connectivity index (χ4v) is 1.71. The van der Waals surface area contributed by atoms with Crippen molar-refractivity contribution in [2.24, 2.45) is 0 Å². The van der Waals surface area contributed by atoms with Crippen LogP contribution in [0.3, 0.4) is 0 Å². The molecule has 0 aliphatic heterocycles. The summed E-state index contributed by atoms with van der Waals surface area (Å²) < 4.78 is 2.96. The van der Waals surface area contributed by atoms with Crippen LogP contribution in [0.5, 0.6) is 0 Å². The second-order valence-electron chi connectivity index (χ2n) is 3.56. The number of aromatic nitrogens is 2. The van der Waals surface area contributed by atoms with Gasteiger partial charge in [0.2, 0.25) is 0 Å². The molecule has 1 N–H and O–H groups in total. The lowest BCUT2D eigenvalue weighted by atomic mass is 10.2. The molecule has 84 valence electrons. The first-order chi connectivity index (χ1) is 7.02. The van der Waals surface area contributed by atoms with Crippen molar-refractivity contribution in [3.63, 3.8) is 0 Å². The normalized spacial score (nSPS) is 10.6. The van der Waals surface area contributed by atoms with Crippen LogP contribution in [0.2, 0.25) is 0 Å². The van der Waals surface area contributed by atoms with E-state index in [9.17, 15) is 4.79 Å². The van der Waals surface area contributed by atoms with Gasteiger partial charge in [-0.05, 0) is 42.6 Å². The first kappa shape index (κ1) is 12.2. The van der Waals surface area contributed by atoms with Crippen molar-refractivity contribution >= 4 is 21.9 Å². The largest absolute Gasteiger partial charge is 0.481 e. The minimum Gasteiger partial charge on any atom is -0.481 e. The van der Waals surface area contributed by atoms with Crippen LogP contribution in [0, 0.1) is 13.8 Å². The van der Waals surface area contributed by atoms with Crippen molar-refractivity contribution in [3.05, 3.63) is 15.9 Å². The van der Waals surface area contributed by atoms with E-state index in [1.54, 1.807) is 0 Å². The molecule has 1 rings (SSSR count). The standard InChI is InChI=1S/C10H15BrN2O2/c1-7-10(11)8(2)13(12-7)6-4-3-5-9(14)15/h3-6H2,1-2H3,(H,14,15). The highest BCUT2D eigenvalue weighted by Gasteiger charge is 2.07. The van der Waals surface area contributed by atoms with Crippen molar-refractivity contribution in [2.75, 3.05) is 0 Å². The molecule has 0 bridgehead atoms. The molecule has 0 fully saturated rings. The number of hydrogen-bond donors (Lipinski definition) is 1. The van der Waals surface area contributed by atoms with E-state index in [2.05, 4.69) is 21.0 Å². The van der Waals surface area contributed by atoms with Crippen LogP contribution in [0.1, 0.15) is 30.7 Å². The number of aryl methyl sites for hydroxylation is 2. The van der Waals surface area contributed by atoms with Gasteiger partial charge in [0.25, 0.3) is 0 Å². The molecule has 0 aliphatic rings. The van der Waals surface area contributed by atoms with Gasteiger partial charge in [0, 0.05) is 18.7 Å². The van der Waals surface area contributed by atoms with Crippen molar-refractivity contribution < 1.29 is 9.90 Å². The number of carbonyl (C=O) groups is 1. The number of carboxylic acids is 1. The van der Waals surface area contributed by atoms with Gasteiger partial charge < -0.3 is 5.11 Å². The molecule has 0 radical (unpaired) electrons. The highest BCUT2D eigenvalue weighted by atomic mass is 79.9. The zero-order chi connectivity index (χ0) is 11.4. The molecule has 1 heterocycles. The van der Waals surface area contributed by atoms with Crippen molar-refractivity contribution in [2.45, 2.75) is 39.7 Å². The van der Waals surface area contributed by atoms with E-state index < -0.39 is 5.97 Å². The Morgan fingerprint density at radius 1 is 1.47 bits per heavy atom. The number of hydrogen-bond acceptors (Lipinski definition) is 2. The van der Waals surface area contributed by atoms with Crippen LogP contribution in [0.15, 0.2) is 4.47 Å². The molecule has 1 aromatic rings. The Bertz CT molecular complexity index is 361. The van der Waals surface area contributed by atoms with E-state index in [0.717, 1.165) is 28.8 Å². The molecule has 4 nitrogen and oxygen atoms in total. The summed E-state index contributed by atoms with van der Waals surface area (Å²) in [6, 6.07) is 0. The Hall–Kier alpha value is -0.840. The summed E-state index contributed by atoms with van der Waals surface area (Å²) in [7, 11) is 0. The molecule has 0 amide bonds. The van der Waals surface area contributed by atoms with Crippen LogP contribution < -0.4 is 0 Å². The number of unbranched alkanes of at least 4 members (excludes halogenated alkanes) is 1. The Balaban J connectivity index is 2.44. The van der Waals surface area contributed by atoms with Crippen molar-refractivity contribution in [1.82, 2.24) is 9.78 Å². The van der Waals surface area contributed by atoms with Crippen LogP contribution >= 0.6 is 15.9 Å². The lowest BCUT2D eigenvalue weighted by Gasteiger charge is -2.02. The summed E-state index contributed by atoms with van der Waals surface area (Å²) >= 11 is 3.45. The number of halogens is 1. The van der Waals surface area contributed by atoms with Crippen LogP contribution in [-0.2, 0) is 11.3 Å². The summed E-state index contributed by atoms with van der Waals surface area (Å²) in [5, 5.41) is 12.8. The van der Waals surface area contributed by atoms with Crippen LogP contribution in [-0.4, -0.2) is 20.9 Å². The van der Waals surface area contributed by atoms with E-state index in [1.165, 1.54) is 0 Å². The Labute approximate surface area is 97.4 Å². The first-order valence-electron chi connectivity index (χ1n) is 4.93. The lowest BCUT2D eigenvalue weighted by Crippen LogP contribution is -2.03. The molecule has 0 unspecified atom stereocenters. The number of carboxylic acid groups (broad SMARTS) is 1. The van der Waals surface area contributed by atoms with Crippen molar-refractivity contribution in [3.8, 4) is 0 Å². The minimum absolute atomic E-state index is 0.237. The summed E-state index contributed by atoms with van der Waals surface area (Å²) in [6.45, 7) is 4.73. The summed E-state index contributed by atoms with van der Waals surface area (Å²) in [4.78, 5) is 10.3. The molecule has 0 aliphatic carbocycles. The van der Waals surface area contributed by atoms with Crippen LogP contribution in [0.4, 0.5) is 0 Å². The van der Waals surface area contributed by atoms with Gasteiger partial charge in [-0.3, -0.25) is 9.48 Å². The average Bonchev–Trinajstić information content (AvgIpc) is 2.41. The van der Waals surface area contributed by atoms with E-state index >= 15 is 0 Å². The zero-order valence-electron chi connectivity index (χ0n) is 8.96. The van der Waals surface area contributed by atoms with E-state index in [-0.39, 0.29) is 6.42 Å². The Morgan fingerprint density at radius 2 is 2.13 bits per heavy atom. The third kappa shape index (κ3) is 3.34. The highest BCUT2D eigenvalue weighted by Crippen LogP contribution is 2.20. The number of nitrogens with zero attached hydrogens (tertiary/aromatic N) is 2. The Kier molecular flexibility index (Phi) is 4.32. The Morgan fingerprint density at radius 3 is 2.60 bits per heavy atom. The fraction of sp³-hybridized carbons (Fsp3) is 0.600. The predicted molar refractivity (Wildman–Crippen MR) is 60.9 cm³/mol. The first-order valence-corrected chi connectivity index (χ1v) is 5.73. The highest BCUT2D eigenvalue weighted by molar-refractivity contribution is 9.10. The van der Waals surface area contributed by atoms with Gasteiger partial charge in [-0.25, -0.2) is 0 Å². The van der Waals surface area contributed by atoms with Crippen molar-refractivity contribution in [1.29, 1.82) is 0 Å². The maximum Gasteiger partial charge on any atom is 0.303 e. The van der Waals surface area contributed by atoms with E-state index in [1.807, 2.05) is 18.5 Å². The SMILES string of the molecule is Cc1nn(CCCCC(=O)O)c(C)c1Br. The molecule has 0 saturated carbocycles. The van der Waals surface area contributed by atoms with Gasteiger partial charge in [-0.2, -0.15) is 5.10 Å². The van der Waals surface area contributed by atoms with Gasteiger partial charge in [0.15, 0.2) is 0 Å². The predicted octanol–water partition coefficient (Wildman–Crippen LogP) is 2.52. The van der Waals surface area contributed by atoms with Gasteiger partial charge in [0.1, 0.15) is 0 Å². The van der Waals surface area contributed by atoms with Gasteiger partial charge in [-0.1, -0.05) is 0 Å². The van der Waals surface area contributed by atoms with E-state index in [0.29, 0.717) is 6.42 Å². The molecule has 15 heavy (non-hydrogen) atoms. The molecular weight excluding hydrogens is 260 g/mol. The molecular formula is C10H15BrN2O2. The third-order valence-corrected chi connectivity index (χ3v) is 3.45. The quantitative estimate of drug-likeness (QED) is 0.840. The van der Waals surface area contributed by atoms with Gasteiger partial charge in [0.05, 0.1) is 10.2 Å². The van der Waals surface area contributed by atoms with E-state index in [4.69, 9.17) is 5.11 Å². The monoisotopic (exact) mass is 274 g/mol. The maximum absolute atomic E-state index is 10.3. The third-order valence-electron chi connectivity index (χ3n) is 2.30. The zero-order valence-corrected chi connectivity index (χ0v) is 10.5. The number of rotatable bonds is 5. The maximum atomic E-state index is 10.3. The molecule has 0 spiro atoms.